The molecule has 5 nitrogen and oxygen atoms in total. The number of aromatic nitrogens is 4. The van der Waals surface area contributed by atoms with Crippen LogP contribution in [0.4, 0.5) is 0 Å². The molecule has 0 fully saturated rings. The van der Waals surface area contributed by atoms with Crippen molar-refractivity contribution in [1.82, 2.24) is 19.3 Å². The zero-order valence-electron chi connectivity index (χ0n) is 31.0. The Labute approximate surface area is 317 Å². The van der Waals surface area contributed by atoms with Crippen LogP contribution in [0, 0.1) is 36.8 Å². The van der Waals surface area contributed by atoms with Crippen molar-refractivity contribution in [2.24, 2.45) is 10.8 Å². The van der Waals surface area contributed by atoms with E-state index in [1.807, 2.05) is 41.2 Å². The molecule has 262 valence electrons. The molecule has 3 heterocycles. The third-order valence-corrected chi connectivity index (χ3v) is 9.80. The topological polar surface area (TPSA) is 44.9 Å². The van der Waals surface area contributed by atoms with E-state index in [1.54, 1.807) is 0 Å². The van der Waals surface area contributed by atoms with Gasteiger partial charge in [-0.05, 0) is 83.0 Å². The monoisotopic (exact) mass is 853 g/mol. The van der Waals surface area contributed by atoms with Crippen molar-refractivity contribution in [1.29, 1.82) is 0 Å². The first kappa shape index (κ1) is 36.3. The zero-order chi connectivity index (χ0) is 35.4. The Morgan fingerprint density at radius 2 is 1.53 bits per heavy atom. The second-order valence-corrected chi connectivity index (χ2v) is 15.9. The molecular formula is C45H46N4OPt. The van der Waals surface area contributed by atoms with Gasteiger partial charge in [-0.1, -0.05) is 96.4 Å². The summed E-state index contributed by atoms with van der Waals surface area (Å²) in [6.07, 6.45) is 2.88. The van der Waals surface area contributed by atoms with Crippen molar-refractivity contribution < 1.29 is 25.8 Å². The van der Waals surface area contributed by atoms with Crippen LogP contribution in [0.2, 0.25) is 0 Å². The first-order valence-electron chi connectivity index (χ1n) is 17.5. The smallest absolute Gasteiger partial charge is 0.509 e. The summed E-state index contributed by atoms with van der Waals surface area (Å²) in [6, 6.07) is 38.8. The molecule has 0 N–H and O–H groups in total. The summed E-state index contributed by atoms with van der Waals surface area (Å²) in [6.45, 7) is 20.2. The van der Waals surface area contributed by atoms with Crippen molar-refractivity contribution >= 4 is 21.8 Å². The third kappa shape index (κ3) is 7.32. The van der Waals surface area contributed by atoms with Crippen LogP contribution in [0.1, 0.15) is 76.9 Å². The Morgan fingerprint density at radius 1 is 0.784 bits per heavy atom. The van der Waals surface area contributed by atoms with Crippen LogP contribution in [-0.4, -0.2) is 19.3 Å². The van der Waals surface area contributed by atoms with Crippen molar-refractivity contribution in [2.75, 3.05) is 0 Å². The maximum Gasteiger partial charge on any atom is 2.00 e. The molecule has 0 spiro atoms. The van der Waals surface area contributed by atoms with Gasteiger partial charge >= 0.3 is 21.1 Å². The average Bonchev–Trinajstić information content (AvgIpc) is 3.55. The maximum absolute atomic E-state index is 6.51. The Morgan fingerprint density at radius 3 is 2.25 bits per heavy atom. The number of ether oxygens (including phenoxy) is 1. The van der Waals surface area contributed by atoms with Gasteiger partial charge in [-0.25, -0.2) is 4.98 Å². The number of nitrogens with zero attached hydrogens (tertiary/aromatic N) is 4. The SMILES string of the molecule is Cc1nn(-c2[c-]c(Oc3[c-]c4c(cc3)c3cc(C(C)C(C)(C)C)ccc3n4-c3cc(CC(C)(C)C)ccn3)ccc2)c(C)c1-c1ccccc1.[Pt+2]. The van der Waals surface area contributed by atoms with E-state index in [0.29, 0.717) is 17.4 Å². The van der Waals surface area contributed by atoms with Crippen LogP contribution in [0.15, 0.2) is 97.2 Å². The Balaban J connectivity index is 0.00000448. The van der Waals surface area contributed by atoms with Crippen LogP contribution in [-0.2, 0) is 27.5 Å². The number of rotatable bonds is 7. The van der Waals surface area contributed by atoms with Gasteiger partial charge in [-0.2, -0.15) is 17.2 Å². The molecule has 0 aliphatic rings. The summed E-state index contributed by atoms with van der Waals surface area (Å²) < 4.78 is 10.7. The molecule has 0 amide bonds. The maximum atomic E-state index is 6.51. The largest absolute Gasteiger partial charge is 2.00 e. The van der Waals surface area contributed by atoms with Gasteiger partial charge in [0, 0.05) is 34.5 Å². The number of fused-ring (bicyclic) bond motifs is 3. The fourth-order valence-corrected chi connectivity index (χ4v) is 6.95. The molecule has 0 aliphatic heterocycles. The second-order valence-electron chi connectivity index (χ2n) is 15.9. The quantitative estimate of drug-likeness (QED) is 0.150. The number of benzene rings is 4. The first-order chi connectivity index (χ1) is 23.8. The Kier molecular flexibility index (Phi) is 9.91. The average molecular weight is 854 g/mol. The van der Waals surface area contributed by atoms with Crippen LogP contribution in [0.25, 0.3) is 44.4 Å². The van der Waals surface area contributed by atoms with Gasteiger partial charge in [0.05, 0.1) is 5.69 Å². The molecule has 6 heteroatoms. The summed E-state index contributed by atoms with van der Waals surface area (Å²) >= 11 is 0. The standard InChI is InChI=1S/C45H46N4O.Pt/c1-29(45(7,8)9)34-18-21-40-39(25-34)38-20-19-37(27-41(38)48(40)42-24-32(22-23-46-42)28-44(4,5)6)50-36-17-13-16-35(26-36)49-31(3)43(30(2)47-49)33-14-11-10-12-15-33;/h10-25,29H,28H2,1-9H3;/q-2;+2. The minimum Gasteiger partial charge on any atom is -0.509 e. The van der Waals surface area contributed by atoms with Gasteiger partial charge in [-0.3, -0.25) is 4.68 Å². The number of pyridine rings is 1. The number of hydrogen-bond donors (Lipinski definition) is 0. The molecule has 0 bridgehead atoms. The normalized spacial score (nSPS) is 12.6. The van der Waals surface area contributed by atoms with Gasteiger partial charge in [-0.15, -0.1) is 35.7 Å². The van der Waals surface area contributed by atoms with E-state index in [0.717, 1.165) is 56.9 Å². The van der Waals surface area contributed by atoms with Crippen LogP contribution < -0.4 is 4.74 Å². The zero-order valence-corrected chi connectivity index (χ0v) is 33.3. The predicted molar refractivity (Wildman–Crippen MR) is 206 cm³/mol. The van der Waals surface area contributed by atoms with Gasteiger partial charge < -0.3 is 9.30 Å². The molecule has 0 saturated carbocycles. The first-order valence-corrected chi connectivity index (χ1v) is 17.5. The number of aryl methyl sites for hydroxylation is 1. The van der Waals surface area contributed by atoms with Gasteiger partial charge in [0.1, 0.15) is 5.82 Å². The van der Waals surface area contributed by atoms with E-state index < -0.39 is 0 Å². The molecule has 1 atom stereocenters. The molecule has 0 radical (unpaired) electrons. The number of hydrogen-bond acceptors (Lipinski definition) is 3. The van der Waals surface area contributed by atoms with Crippen LogP contribution in [0.5, 0.6) is 11.5 Å². The van der Waals surface area contributed by atoms with E-state index in [1.165, 1.54) is 16.5 Å². The minimum absolute atomic E-state index is 0. The van der Waals surface area contributed by atoms with Gasteiger partial charge in [0.2, 0.25) is 0 Å². The molecular weight excluding hydrogens is 808 g/mol. The van der Waals surface area contributed by atoms with Gasteiger partial charge in [0.15, 0.2) is 0 Å². The van der Waals surface area contributed by atoms with Crippen molar-refractivity contribution in [2.45, 2.75) is 74.7 Å². The molecule has 51 heavy (non-hydrogen) atoms. The molecule has 0 saturated heterocycles. The summed E-state index contributed by atoms with van der Waals surface area (Å²) in [7, 11) is 0. The summed E-state index contributed by atoms with van der Waals surface area (Å²) in [5.41, 5.74) is 10.1. The predicted octanol–water partition coefficient (Wildman–Crippen LogP) is 11.8. The molecule has 1 unspecified atom stereocenters. The fourth-order valence-electron chi connectivity index (χ4n) is 6.95. The second kappa shape index (κ2) is 13.9. The van der Waals surface area contributed by atoms with E-state index in [9.17, 15) is 0 Å². The third-order valence-electron chi connectivity index (χ3n) is 9.80. The van der Waals surface area contributed by atoms with E-state index >= 15 is 0 Å². The van der Waals surface area contributed by atoms with Crippen molar-refractivity contribution in [3.8, 4) is 34.1 Å². The van der Waals surface area contributed by atoms with Crippen molar-refractivity contribution in [3.63, 3.8) is 0 Å². The fraction of sp³-hybridized carbons (Fsp3) is 0.289. The molecule has 3 aromatic heterocycles. The van der Waals surface area contributed by atoms with Gasteiger partial charge in [0.25, 0.3) is 0 Å². The molecule has 4 aromatic carbocycles. The van der Waals surface area contributed by atoms with E-state index in [2.05, 4.69) is 140 Å². The minimum atomic E-state index is 0. The molecule has 7 aromatic rings. The summed E-state index contributed by atoms with van der Waals surface area (Å²) in [5, 5.41) is 7.20. The summed E-state index contributed by atoms with van der Waals surface area (Å²) in [4.78, 5) is 4.89. The van der Waals surface area contributed by atoms with Crippen LogP contribution in [0.3, 0.4) is 0 Å². The van der Waals surface area contributed by atoms with Crippen molar-refractivity contribution in [3.05, 3.63) is 132 Å². The Hall–Kier alpha value is -4.47. The van der Waals surface area contributed by atoms with E-state index in [-0.39, 0.29) is 31.9 Å². The molecule has 7 rings (SSSR count). The van der Waals surface area contributed by atoms with E-state index in [4.69, 9.17) is 14.8 Å². The van der Waals surface area contributed by atoms with Crippen LogP contribution >= 0.6 is 0 Å². The summed E-state index contributed by atoms with van der Waals surface area (Å²) in [5.74, 6) is 2.48. The Bertz CT molecular complexity index is 2340. The molecule has 0 aliphatic carbocycles.